The first kappa shape index (κ1) is 24.2. The first-order valence-corrected chi connectivity index (χ1v) is 9.55. The standard InChI is InChI=1S/C21H32N6O2/c1-14(2)25-20(15(3)12-22)26-21(24-5)17-9-16(10-19(11-17)29-6)7-8-18(27-28)13-23-4/h9-12,14,18,22-23H,3,7-8,13H2,1-2,4-6H3,(H,24,25,26). The summed E-state index contributed by atoms with van der Waals surface area (Å²) in [6.45, 7) is 8.39. The summed E-state index contributed by atoms with van der Waals surface area (Å²) >= 11 is 0. The molecule has 0 heterocycles. The molecule has 0 bridgehead atoms. The van der Waals surface area contributed by atoms with E-state index in [4.69, 9.17) is 10.1 Å². The molecule has 158 valence electrons. The highest BCUT2D eigenvalue weighted by Gasteiger charge is 2.13. The van der Waals surface area contributed by atoms with Crippen LogP contribution in [0.2, 0.25) is 0 Å². The summed E-state index contributed by atoms with van der Waals surface area (Å²) in [5, 5.41) is 16.9. The molecule has 0 amide bonds. The van der Waals surface area contributed by atoms with E-state index >= 15 is 0 Å². The largest absolute Gasteiger partial charge is 0.497 e. The van der Waals surface area contributed by atoms with Gasteiger partial charge in [0.15, 0.2) is 5.84 Å². The predicted octanol–water partition coefficient (Wildman–Crippen LogP) is 2.96. The zero-order valence-corrected chi connectivity index (χ0v) is 18.0. The van der Waals surface area contributed by atoms with Gasteiger partial charge in [-0.25, -0.2) is 4.99 Å². The van der Waals surface area contributed by atoms with Crippen LogP contribution in [0.4, 0.5) is 0 Å². The number of aryl methyl sites for hydroxylation is 1. The summed E-state index contributed by atoms with van der Waals surface area (Å²) in [5.74, 6) is 1.68. The number of methoxy groups -OCH3 is 1. The van der Waals surface area contributed by atoms with Crippen LogP contribution in [0, 0.1) is 10.3 Å². The number of likely N-dealkylation sites (N-methyl/N-ethyl adjacent to an activating group) is 1. The van der Waals surface area contributed by atoms with Gasteiger partial charge < -0.3 is 20.8 Å². The summed E-state index contributed by atoms with van der Waals surface area (Å²) < 4.78 is 5.44. The number of ether oxygens (including phenoxy) is 1. The number of hydrogen-bond donors (Lipinski definition) is 3. The molecular formula is C21H32N6O2. The lowest BCUT2D eigenvalue weighted by molar-refractivity contribution is 0.414. The highest BCUT2D eigenvalue weighted by molar-refractivity contribution is 6.19. The van der Waals surface area contributed by atoms with Crippen LogP contribution in [-0.2, 0) is 6.42 Å². The molecule has 0 saturated carbocycles. The monoisotopic (exact) mass is 400 g/mol. The molecule has 0 saturated heterocycles. The van der Waals surface area contributed by atoms with Gasteiger partial charge in [-0.05, 0) is 57.5 Å². The van der Waals surface area contributed by atoms with Gasteiger partial charge in [0.1, 0.15) is 17.6 Å². The van der Waals surface area contributed by atoms with Crippen molar-refractivity contribution in [3.8, 4) is 5.75 Å². The molecule has 1 aromatic carbocycles. The Hall–Kier alpha value is -2.87. The maximum Gasteiger partial charge on any atom is 0.156 e. The van der Waals surface area contributed by atoms with E-state index in [1.54, 1.807) is 21.2 Å². The fraction of sp³-hybridized carbons (Fsp3) is 0.476. The molecular weight excluding hydrogens is 368 g/mol. The molecule has 0 radical (unpaired) electrons. The summed E-state index contributed by atoms with van der Waals surface area (Å²) in [5.41, 5.74) is 2.26. The van der Waals surface area contributed by atoms with E-state index in [0.29, 0.717) is 42.4 Å². The number of nitrogens with zero attached hydrogens (tertiary/aromatic N) is 3. The molecule has 1 unspecified atom stereocenters. The lowest BCUT2D eigenvalue weighted by Gasteiger charge is -2.15. The fourth-order valence-corrected chi connectivity index (χ4v) is 2.70. The topological polar surface area (TPSA) is 111 Å². The van der Waals surface area contributed by atoms with E-state index in [-0.39, 0.29) is 12.1 Å². The number of rotatable bonds is 11. The van der Waals surface area contributed by atoms with Crippen molar-refractivity contribution in [2.75, 3.05) is 27.7 Å². The Morgan fingerprint density at radius 1 is 1.34 bits per heavy atom. The average molecular weight is 401 g/mol. The predicted molar refractivity (Wildman–Crippen MR) is 121 cm³/mol. The van der Waals surface area contributed by atoms with Gasteiger partial charge >= 0.3 is 0 Å². The van der Waals surface area contributed by atoms with Crippen molar-refractivity contribution in [3.63, 3.8) is 0 Å². The van der Waals surface area contributed by atoms with Crippen molar-refractivity contribution < 1.29 is 4.74 Å². The molecule has 0 fully saturated rings. The highest BCUT2D eigenvalue weighted by Crippen LogP contribution is 2.20. The number of nitrogens with one attached hydrogen (secondary N) is 3. The van der Waals surface area contributed by atoms with E-state index in [1.165, 1.54) is 0 Å². The number of benzene rings is 1. The maximum absolute atomic E-state index is 11.0. The smallest absolute Gasteiger partial charge is 0.156 e. The minimum absolute atomic E-state index is 0.129. The van der Waals surface area contributed by atoms with Crippen molar-refractivity contribution in [2.45, 2.75) is 38.8 Å². The third kappa shape index (κ3) is 7.95. The van der Waals surface area contributed by atoms with E-state index in [2.05, 4.69) is 32.4 Å². The SMILES string of the molecule is C=C(C=N)/C(=N\C(=N/C)c1cc(CCC(CNC)N=O)cc(OC)c1)NC(C)C. The zero-order valence-electron chi connectivity index (χ0n) is 18.0. The van der Waals surface area contributed by atoms with Gasteiger partial charge in [0.2, 0.25) is 0 Å². The van der Waals surface area contributed by atoms with Crippen LogP contribution < -0.4 is 15.4 Å². The molecule has 29 heavy (non-hydrogen) atoms. The van der Waals surface area contributed by atoms with Crippen molar-refractivity contribution >= 4 is 17.9 Å². The molecule has 0 aliphatic rings. The number of hydrogen-bond acceptors (Lipinski definition) is 6. The normalized spacial score (nSPS) is 13.2. The van der Waals surface area contributed by atoms with Crippen LogP contribution in [0.3, 0.4) is 0 Å². The van der Waals surface area contributed by atoms with Gasteiger partial charge in [-0.3, -0.25) is 4.99 Å². The zero-order chi connectivity index (χ0) is 21.8. The average Bonchev–Trinajstić information content (AvgIpc) is 2.72. The van der Waals surface area contributed by atoms with Crippen LogP contribution in [0.25, 0.3) is 0 Å². The minimum atomic E-state index is -0.287. The second-order valence-corrected chi connectivity index (χ2v) is 6.90. The third-order valence-electron chi connectivity index (χ3n) is 4.15. The Bertz CT molecular complexity index is 770. The van der Waals surface area contributed by atoms with Gasteiger partial charge in [-0.15, -0.1) is 0 Å². The highest BCUT2D eigenvalue weighted by atomic mass is 16.5. The molecule has 8 heteroatoms. The number of aliphatic imine (C=N–C) groups is 2. The quantitative estimate of drug-likeness (QED) is 0.301. The Morgan fingerprint density at radius 2 is 2.07 bits per heavy atom. The maximum atomic E-state index is 11.0. The van der Waals surface area contributed by atoms with Gasteiger partial charge in [0, 0.05) is 37.0 Å². The summed E-state index contributed by atoms with van der Waals surface area (Å²) in [6, 6.07) is 5.62. The molecule has 0 spiro atoms. The van der Waals surface area contributed by atoms with Gasteiger partial charge in [-0.2, -0.15) is 4.91 Å². The first-order valence-electron chi connectivity index (χ1n) is 9.55. The number of amidine groups is 2. The van der Waals surface area contributed by atoms with Gasteiger partial charge in [-0.1, -0.05) is 11.8 Å². The summed E-state index contributed by atoms with van der Waals surface area (Å²) in [6.07, 6.45) is 2.46. The Balaban J connectivity index is 3.24. The van der Waals surface area contributed by atoms with Crippen LogP contribution >= 0.6 is 0 Å². The van der Waals surface area contributed by atoms with Crippen LogP contribution in [0.5, 0.6) is 5.75 Å². The van der Waals surface area contributed by atoms with Crippen molar-refractivity contribution in [2.24, 2.45) is 15.2 Å². The van der Waals surface area contributed by atoms with Crippen LogP contribution in [0.1, 0.15) is 31.4 Å². The molecule has 1 rings (SSSR count). The van der Waals surface area contributed by atoms with E-state index in [9.17, 15) is 4.91 Å². The van der Waals surface area contributed by atoms with E-state index in [1.807, 2.05) is 32.0 Å². The summed E-state index contributed by atoms with van der Waals surface area (Å²) in [4.78, 5) is 19.9. The Kier molecular flexibility index (Phi) is 10.5. The van der Waals surface area contributed by atoms with Crippen molar-refractivity contribution in [3.05, 3.63) is 46.4 Å². The lowest BCUT2D eigenvalue weighted by atomic mass is 10.0. The molecule has 0 aliphatic heterocycles. The van der Waals surface area contributed by atoms with Crippen LogP contribution in [-0.4, -0.2) is 57.7 Å². The van der Waals surface area contributed by atoms with Crippen molar-refractivity contribution in [1.82, 2.24) is 10.6 Å². The molecule has 1 atom stereocenters. The molecule has 1 aromatic rings. The Labute approximate surface area is 173 Å². The second-order valence-electron chi connectivity index (χ2n) is 6.90. The van der Waals surface area contributed by atoms with Gasteiger partial charge in [0.25, 0.3) is 0 Å². The van der Waals surface area contributed by atoms with E-state index < -0.39 is 0 Å². The molecule has 0 aromatic heterocycles. The summed E-state index contributed by atoms with van der Waals surface area (Å²) in [7, 11) is 5.07. The molecule has 3 N–H and O–H groups in total. The second kappa shape index (κ2) is 12.6. The van der Waals surface area contributed by atoms with Crippen LogP contribution in [0.15, 0.2) is 45.5 Å². The molecule has 8 nitrogen and oxygen atoms in total. The Morgan fingerprint density at radius 3 is 2.59 bits per heavy atom. The van der Waals surface area contributed by atoms with Gasteiger partial charge in [0.05, 0.1) is 7.11 Å². The number of nitroso groups, excluding NO2 is 1. The first-order chi connectivity index (χ1) is 13.9. The molecule has 0 aliphatic carbocycles. The minimum Gasteiger partial charge on any atom is -0.497 e. The third-order valence-corrected chi connectivity index (χ3v) is 4.15. The fourth-order valence-electron chi connectivity index (χ4n) is 2.70. The van der Waals surface area contributed by atoms with E-state index in [0.717, 1.165) is 17.3 Å². The van der Waals surface area contributed by atoms with Crippen molar-refractivity contribution in [1.29, 1.82) is 5.41 Å². The lowest BCUT2D eigenvalue weighted by Crippen LogP contribution is -2.32.